The summed E-state index contributed by atoms with van der Waals surface area (Å²) >= 11 is 0. The lowest BCUT2D eigenvalue weighted by atomic mass is 10.1. The molecule has 0 heterocycles. The van der Waals surface area contributed by atoms with Crippen LogP contribution in [0.3, 0.4) is 0 Å². The first-order valence-electron chi connectivity index (χ1n) is 6.03. The predicted octanol–water partition coefficient (Wildman–Crippen LogP) is 6.28. The molecule has 2 aromatic rings. The van der Waals surface area contributed by atoms with Crippen LogP contribution in [0.4, 0.5) is 0 Å². The highest BCUT2D eigenvalue weighted by Crippen LogP contribution is 2.09. The van der Waals surface area contributed by atoms with Crippen LogP contribution in [0.2, 0.25) is 0 Å². The molecule has 0 nitrogen and oxygen atoms in total. The minimum Gasteiger partial charge on any atom is -0.147 e. The van der Waals surface area contributed by atoms with Crippen LogP contribution in [-0.2, 0) is 0 Å². The molecule has 0 aliphatic carbocycles. The molecule has 2 rings (SSSR count). The van der Waals surface area contributed by atoms with Crippen molar-refractivity contribution in [3.05, 3.63) is 84.9 Å². The average molecular weight is 309 g/mol. The Morgan fingerprint density at radius 1 is 0.600 bits per heavy atom. The highest BCUT2D eigenvalue weighted by molar-refractivity contribution is 5.85. The fraction of sp³-hybridized carbons (Fsp3) is 0.111. The fourth-order valence-corrected chi connectivity index (χ4v) is 1.45. The minimum atomic E-state index is 0. The third kappa shape index (κ3) is 7.83. The smallest absolute Gasteiger partial charge is 0.0233 e. The third-order valence-electron chi connectivity index (χ3n) is 2.53. The largest absolute Gasteiger partial charge is 0.147 e. The molecule has 0 fully saturated rings. The van der Waals surface area contributed by atoms with Crippen LogP contribution in [0.15, 0.2) is 73.8 Å². The number of hydrogen-bond acceptors (Lipinski definition) is 0. The van der Waals surface area contributed by atoms with Crippen LogP contribution in [0.25, 0.3) is 11.1 Å². The zero-order valence-corrected chi connectivity index (χ0v) is 13.6. The van der Waals surface area contributed by atoms with Gasteiger partial charge in [-0.3, -0.25) is 0 Å². The van der Waals surface area contributed by atoms with Gasteiger partial charge in [0.05, 0.1) is 0 Å². The maximum absolute atomic E-state index is 3.83. The van der Waals surface area contributed by atoms with E-state index in [4.69, 9.17) is 0 Å². The highest BCUT2D eigenvalue weighted by atomic mass is 35.5. The Hall–Kier alpha value is -1.50. The van der Waals surface area contributed by atoms with E-state index in [0.29, 0.717) is 0 Å². The van der Waals surface area contributed by atoms with Gasteiger partial charge < -0.3 is 0 Å². The van der Waals surface area contributed by atoms with Gasteiger partial charge in [-0.1, -0.05) is 85.0 Å². The van der Waals surface area contributed by atoms with E-state index in [1.54, 1.807) is 0 Å². The summed E-state index contributed by atoms with van der Waals surface area (Å²) in [4.78, 5) is 0. The van der Waals surface area contributed by atoms with Gasteiger partial charge in [-0.2, -0.15) is 0 Å². The second-order valence-electron chi connectivity index (χ2n) is 4.29. The summed E-state index contributed by atoms with van der Waals surface area (Å²) < 4.78 is 0. The summed E-state index contributed by atoms with van der Waals surface area (Å²) in [6, 6.07) is 20.3. The summed E-state index contributed by atoms with van der Waals surface area (Å²) in [6.07, 6.45) is 0. The van der Waals surface area contributed by atoms with Crippen molar-refractivity contribution in [1.29, 1.82) is 0 Å². The van der Waals surface area contributed by atoms with Gasteiger partial charge in [-0.15, -0.1) is 24.8 Å². The number of benzene rings is 2. The van der Waals surface area contributed by atoms with Gasteiger partial charge in [0, 0.05) is 0 Å². The first kappa shape index (κ1) is 20.8. The van der Waals surface area contributed by atoms with E-state index in [1.807, 2.05) is 50.2 Å². The van der Waals surface area contributed by atoms with E-state index in [2.05, 4.69) is 37.4 Å². The van der Waals surface area contributed by atoms with Crippen LogP contribution in [-0.4, -0.2) is 0 Å². The first-order valence-corrected chi connectivity index (χ1v) is 6.03. The molecular formula is C18H22Cl2. The Morgan fingerprint density at radius 2 is 0.850 bits per heavy atom. The van der Waals surface area contributed by atoms with Gasteiger partial charge in [0.2, 0.25) is 0 Å². The normalized spacial score (nSPS) is 8.10. The van der Waals surface area contributed by atoms with E-state index >= 15 is 0 Å². The van der Waals surface area contributed by atoms with Gasteiger partial charge in [-0.25, -0.2) is 0 Å². The molecule has 0 radical (unpaired) electrons. The van der Waals surface area contributed by atoms with Crippen molar-refractivity contribution in [2.24, 2.45) is 0 Å². The van der Waals surface area contributed by atoms with Crippen molar-refractivity contribution < 1.29 is 0 Å². The minimum absolute atomic E-state index is 0. The van der Waals surface area contributed by atoms with Crippen molar-refractivity contribution in [3.63, 3.8) is 0 Å². The van der Waals surface area contributed by atoms with Gasteiger partial charge in [0.15, 0.2) is 0 Å². The molecule has 0 spiro atoms. The first-order chi connectivity index (χ1) is 8.61. The molecule has 0 amide bonds. The molecule has 2 heteroatoms. The molecule has 2 aromatic carbocycles. The van der Waals surface area contributed by atoms with Crippen LogP contribution in [0, 0.1) is 0 Å². The Kier molecular flexibility index (Phi) is 11.8. The van der Waals surface area contributed by atoms with Crippen LogP contribution < -0.4 is 0 Å². The van der Waals surface area contributed by atoms with Crippen LogP contribution >= 0.6 is 24.8 Å². The zero-order valence-electron chi connectivity index (χ0n) is 12.0. The summed E-state index contributed by atoms with van der Waals surface area (Å²) in [5.74, 6) is 0. The molecule has 0 bridgehead atoms. The molecule has 0 aliphatic heterocycles. The SMILES string of the molecule is C=C(C)c1ccccc1.C=C(C)c1ccccc1.Cl.Cl. The zero-order chi connectivity index (χ0) is 13.4. The quantitative estimate of drug-likeness (QED) is 0.612. The highest BCUT2D eigenvalue weighted by Gasteiger charge is 1.86. The molecule has 0 unspecified atom stereocenters. The maximum atomic E-state index is 3.83. The maximum Gasteiger partial charge on any atom is -0.0233 e. The van der Waals surface area contributed by atoms with Crippen molar-refractivity contribution in [2.75, 3.05) is 0 Å². The van der Waals surface area contributed by atoms with Crippen molar-refractivity contribution in [1.82, 2.24) is 0 Å². The van der Waals surface area contributed by atoms with Crippen LogP contribution in [0.5, 0.6) is 0 Å². The van der Waals surface area contributed by atoms with Crippen LogP contribution in [0.1, 0.15) is 25.0 Å². The summed E-state index contributed by atoms with van der Waals surface area (Å²) in [7, 11) is 0. The Bertz CT molecular complexity index is 452. The Morgan fingerprint density at radius 3 is 1.00 bits per heavy atom. The molecule has 0 aliphatic rings. The topological polar surface area (TPSA) is 0 Å². The van der Waals surface area contributed by atoms with Gasteiger partial charge in [-0.05, 0) is 25.0 Å². The standard InChI is InChI=1S/2C9H10.2ClH/c2*1-8(2)9-6-4-3-5-7-9;;/h2*3-7H,1H2,2H3;2*1H. The summed E-state index contributed by atoms with van der Waals surface area (Å²) in [6.45, 7) is 11.7. The lowest BCUT2D eigenvalue weighted by molar-refractivity contribution is 1.58. The molecule has 0 aromatic heterocycles. The number of hydrogen-bond donors (Lipinski definition) is 0. The monoisotopic (exact) mass is 308 g/mol. The van der Waals surface area contributed by atoms with Gasteiger partial charge in [0.1, 0.15) is 0 Å². The fourth-order valence-electron chi connectivity index (χ4n) is 1.45. The third-order valence-corrected chi connectivity index (χ3v) is 2.53. The molecule has 20 heavy (non-hydrogen) atoms. The molecule has 108 valence electrons. The molecule has 0 atom stereocenters. The van der Waals surface area contributed by atoms with Gasteiger partial charge in [0.25, 0.3) is 0 Å². The summed E-state index contributed by atoms with van der Waals surface area (Å²) in [5, 5.41) is 0. The Balaban J connectivity index is 0. The van der Waals surface area contributed by atoms with Gasteiger partial charge >= 0.3 is 0 Å². The van der Waals surface area contributed by atoms with E-state index in [0.717, 1.165) is 11.1 Å². The van der Waals surface area contributed by atoms with Crippen molar-refractivity contribution >= 4 is 36.0 Å². The number of allylic oxidation sites excluding steroid dienone is 2. The molecule has 0 saturated heterocycles. The second kappa shape index (κ2) is 11.3. The van der Waals surface area contributed by atoms with E-state index in [1.165, 1.54) is 11.1 Å². The Labute approximate surface area is 135 Å². The predicted molar refractivity (Wildman–Crippen MR) is 96.8 cm³/mol. The van der Waals surface area contributed by atoms with E-state index in [9.17, 15) is 0 Å². The lowest BCUT2D eigenvalue weighted by Crippen LogP contribution is -1.72. The lowest BCUT2D eigenvalue weighted by Gasteiger charge is -1.94. The number of rotatable bonds is 2. The van der Waals surface area contributed by atoms with E-state index < -0.39 is 0 Å². The van der Waals surface area contributed by atoms with Crippen molar-refractivity contribution in [3.8, 4) is 0 Å². The molecule has 0 saturated carbocycles. The molecular weight excluding hydrogens is 287 g/mol. The van der Waals surface area contributed by atoms with Crippen molar-refractivity contribution in [2.45, 2.75) is 13.8 Å². The summed E-state index contributed by atoms with van der Waals surface area (Å²) in [5.41, 5.74) is 4.68. The van der Waals surface area contributed by atoms with E-state index in [-0.39, 0.29) is 24.8 Å². The second-order valence-corrected chi connectivity index (χ2v) is 4.29. The number of halogens is 2. The molecule has 0 N–H and O–H groups in total. The average Bonchev–Trinajstić information content (AvgIpc) is 2.41.